The largest absolute Gasteiger partial charge is 0.298 e. The van der Waals surface area contributed by atoms with Gasteiger partial charge >= 0.3 is 0 Å². The van der Waals surface area contributed by atoms with E-state index in [0.29, 0.717) is 18.0 Å². The van der Waals surface area contributed by atoms with E-state index in [1.165, 1.54) is 17.7 Å². The van der Waals surface area contributed by atoms with E-state index in [1.807, 2.05) is 6.20 Å². The number of aromatic nitrogens is 2. The fourth-order valence-electron chi connectivity index (χ4n) is 3.99. The van der Waals surface area contributed by atoms with E-state index < -0.39 is 5.82 Å². The van der Waals surface area contributed by atoms with Gasteiger partial charge in [-0.25, -0.2) is 8.78 Å². The minimum Gasteiger partial charge on any atom is -0.298 e. The molecule has 0 radical (unpaired) electrons. The summed E-state index contributed by atoms with van der Waals surface area (Å²) in [7, 11) is 0. The Morgan fingerprint density at radius 1 is 1.19 bits per heavy atom. The Hall–Kier alpha value is -2.53. The molecule has 1 atom stereocenters. The Labute approximate surface area is 158 Å². The molecule has 0 aliphatic carbocycles. The highest BCUT2D eigenvalue weighted by Gasteiger charge is 2.25. The highest BCUT2D eigenvalue weighted by atomic mass is 19.1. The molecule has 1 saturated heterocycles. The molecule has 1 aliphatic heterocycles. The first-order valence-electron chi connectivity index (χ1n) is 9.37. The number of H-pyrrole nitrogens is 1. The van der Waals surface area contributed by atoms with Gasteiger partial charge in [-0.15, -0.1) is 0 Å². The second-order valence-corrected chi connectivity index (χ2v) is 7.38. The number of nitrogens with zero attached hydrogens (tertiary/aromatic N) is 2. The summed E-state index contributed by atoms with van der Waals surface area (Å²) >= 11 is 0. The first kappa shape index (κ1) is 17.9. The molecule has 0 saturated carbocycles. The predicted molar refractivity (Wildman–Crippen MR) is 102 cm³/mol. The number of benzene rings is 2. The van der Waals surface area contributed by atoms with Gasteiger partial charge in [-0.1, -0.05) is 29.8 Å². The van der Waals surface area contributed by atoms with E-state index in [4.69, 9.17) is 0 Å². The molecule has 1 aromatic heterocycles. The highest BCUT2D eigenvalue weighted by Crippen LogP contribution is 2.33. The van der Waals surface area contributed by atoms with E-state index in [9.17, 15) is 8.78 Å². The molecule has 0 amide bonds. The van der Waals surface area contributed by atoms with E-state index >= 15 is 0 Å². The highest BCUT2D eigenvalue weighted by molar-refractivity contribution is 5.66. The van der Waals surface area contributed by atoms with Crippen LogP contribution < -0.4 is 0 Å². The second-order valence-electron chi connectivity index (χ2n) is 7.38. The number of hydrogen-bond acceptors (Lipinski definition) is 2. The van der Waals surface area contributed by atoms with E-state index in [0.717, 1.165) is 48.8 Å². The molecule has 5 heteroatoms. The van der Waals surface area contributed by atoms with Gasteiger partial charge in [0.25, 0.3) is 0 Å². The SMILES string of the molecule is Cc1cccc(-c2cn[nH]c2[C@@H]2CCCN(Cc3cc(F)ccc3F)C2)c1. The van der Waals surface area contributed by atoms with Crippen LogP contribution in [-0.2, 0) is 6.54 Å². The van der Waals surface area contributed by atoms with Crippen LogP contribution in [0, 0.1) is 18.6 Å². The third kappa shape index (κ3) is 3.93. The van der Waals surface area contributed by atoms with Crippen molar-refractivity contribution in [3.05, 3.63) is 77.1 Å². The average Bonchev–Trinajstić information content (AvgIpc) is 3.15. The number of piperidine rings is 1. The predicted octanol–water partition coefficient (Wildman–Crippen LogP) is 5.04. The van der Waals surface area contributed by atoms with Gasteiger partial charge in [-0.05, 0) is 50.1 Å². The summed E-state index contributed by atoms with van der Waals surface area (Å²) in [6.07, 6.45) is 3.96. The van der Waals surface area contributed by atoms with Crippen LogP contribution in [0.5, 0.6) is 0 Å². The van der Waals surface area contributed by atoms with Gasteiger partial charge in [0, 0.05) is 35.8 Å². The van der Waals surface area contributed by atoms with Crippen molar-refractivity contribution in [2.75, 3.05) is 13.1 Å². The number of nitrogens with one attached hydrogen (secondary N) is 1. The molecule has 0 bridgehead atoms. The van der Waals surface area contributed by atoms with Crippen molar-refractivity contribution >= 4 is 0 Å². The molecule has 0 spiro atoms. The Kier molecular flexibility index (Phi) is 5.03. The first-order valence-corrected chi connectivity index (χ1v) is 9.37. The molecular weight excluding hydrogens is 344 g/mol. The molecule has 1 N–H and O–H groups in total. The molecule has 1 fully saturated rings. The zero-order chi connectivity index (χ0) is 18.8. The van der Waals surface area contributed by atoms with Gasteiger partial charge in [0.15, 0.2) is 0 Å². The van der Waals surface area contributed by atoms with Crippen LogP contribution in [0.1, 0.15) is 35.6 Å². The van der Waals surface area contributed by atoms with Gasteiger partial charge in [-0.3, -0.25) is 10.00 Å². The quantitative estimate of drug-likeness (QED) is 0.700. The monoisotopic (exact) mass is 367 g/mol. The van der Waals surface area contributed by atoms with Crippen molar-refractivity contribution in [2.45, 2.75) is 32.2 Å². The molecule has 140 valence electrons. The summed E-state index contributed by atoms with van der Waals surface area (Å²) in [5.74, 6) is -0.441. The number of aryl methyl sites for hydroxylation is 1. The van der Waals surface area contributed by atoms with Crippen LogP contribution in [0.2, 0.25) is 0 Å². The normalized spacial score (nSPS) is 18.0. The lowest BCUT2D eigenvalue weighted by Gasteiger charge is -2.32. The fourth-order valence-corrected chi connectivity index (χ4v) is 3.99. The average molecular weight is 367 g/mol. The Morgan fingerprint density at radius 3 is 2.93 bits per heavy atom. The lowest BCUT2D eigenvalue weighted by molar-refractivity contribution is 0.196. The lowest BCUT2D eigenvalue weighted by Crippen LogP contribution is -2.34. The van der Waals surface area contributed by atoms with Gasteiger partial charge in [0.1, 0.15) is 11.6 Å². The molecule has 27 heavy (non-hydrogen) atoms. The number of aromatic amines is 1. The van der Waals surface area contributed by atoms with Gasteiger partial charge in [-0.2, -0.15) is 5.10 Å². The number of likely N-dealkylation sites (tertiary alicyclic amines) is 1. The van der Waals surface area contributed by atoms with Gasteiger partial charge in [0.2, 0.25) is 0 Å². The minimum atomic E-state index is -0.393. The van der Waals surface area contributed by atoms with Crippen LogP contribution in [0.3, 0.4) is 0 Å². The van der Waals surface area contributed by atoms with Crippen LogP contribution in [-0.4, -0.2) is 28.2 Å². The summed E-state index contributed by atoms with van der Waals surface area (Å²) in [6.45, 7) is 4.20. The van der Waals surface area contributed by atoms with Crippen molar-refractivity contribution in [1.82, 2.24) is 15.1 Å². The molecule has 3 aromatic rings. The topological polar surface area (TPSA) is 31.9 Å². The van der Waals surface area contributed by atoms with Gasteiger partial charge < -0.3 is 0 Å². The third-order valence-corrected chi connectivity index (χ3v) is 5.31. The third-order valence-electron chi connectivity index (χ3n) is 5.31. The molecule has 4 rings (SSSR count). The van der Waals surface area contributed by atoms with Crippen molar-refractivity contribution in [3.8, 4) is 11.1 Å². The van der Waals surface area contributed by atoms with Crippen LogP contribution >= 0.6 is 0 Å². The van der Waals surface area contributed by atoms with Crippen molar-refractivity contribution in [2.24, 2.45) is 0 Å². The van der Waals surface area contributed by atoms with Crippen molar-refractivity contribution in [1.29, 1.82) is 0 Å². The molecule has 2 heterocycles. The summed E-state index contributed by atoms with van der Waals surface area (Å²) in [5.41, 5.74) is 5.05. The summed E-state index contributed by atoms with van der Waals surface area (Å²) < 4.78 is 27.5. The van der Waals surface area contributed by atoms with Crippen molar-refractivity contribution < 1.29 is 8.78 Å². The molecule has 3 nitrogen and oxygen atoms in total. The van der Waals surface area contributed by atoms with Crippen molar-refractivity contribution in [3.63, 3.8) is 0 Å². The summed E-state index contributed by atoms with van der Waals surface area (Å²) in [6, 6.07) is 12.1. The van der Waals surface area contributed by atoms with Crippen LogP contribution in [0.25, 0.3) is 11.1 Å². The maximum atomic E-state index is 14.0. The van der Waals surface area contributed by atoms with E-state index in [-0.39, 0.29) is 5.82 Å². The Bertz CT molecular complexity index is 935. The molecule has 1 aliphatic rings. The molecule has 0 unspecified atom stereocenters. The zero-order valence-electron chi connectivity index (χ0n) is 15.4. The van der Waals surface area contributed by atoms with E-state index in [2.05, 4.69) is 46.3 Å². The first-order chi connectivity index (χ1) is 13.1. The lowest BCUT2D eigenvalue weighted by atomic mass is 9.90. The standard InChI is InChI=1S/C22H23F2N3/c1-15-4-2-5-16(10-15)20-12-25-26-22(20)17-6-3-9-27(13-17)14-18-11-19(23)7-8-21(18)24/h2,4-5,7-8,10-12,17H,3,6,9,13-14H2,1H3,(H,25,26)/t17-/m1/s1. The van der Waals surface area contributed by atoms with Crippen LogP contribution in [0.15, 0.2) is 48.7 Å². The molecule has 2 aromatic carbocycles. The number of hydrogen-bond donors (Lipinski definition) is 1. The fraction of sp³-hybridized carbons (Fsp3) is 0.318. The minimum absolute atomic E-state index is 0.299. The Morgan fingerprint density at radius 2 is 2.07 bits per heavy atom. The van der Waals surface area contributed by atoms with E-state index in [1.54, 1.807) is 0 Å². The smallest absolute Gasteiger partial charge is 0.127 e. The number of halogens is 2. The van der Waals surface area contributed by atoms with Crippen LogP contribution in [0.4, 0.5) is 8.78 Å². The second kappa shape index (κ2) is 7.61. The zero-order valence-corrected chi connectivity index (χ0v) is 15.4. The number of rotatable bonds is 4. The maximum absolute atomic E-state index is 14.0. The maximum Gasteiger partial charge on any atom is 0.127 e. The summed E-state index contributed by atoms with van der Waals surface area (Å²) in [5, 5.41) is 7.47. The summed E-state index contributed by atoms with van der Waals surface area (Å²) in [4.78, 5) is 2.20. The Balaban J connectivity index is 1.54. The van der Waals surface area contributed by atoms with Gasteiger partial charge in [0.05, 0.1) is 6.20 Å². The molecular formula is C22H23F2N3.